The van der Waals surface area contributed by atoms with E-state index in [2.05, 4.69) is 10.3 Å². The molecular weight excluding hydrogens is 351 g/mol. The predicted octanol–water partition coefficient (Wildman–Crippen LogP) is 4.93. The van der Waals surface area contributed by atoms with Gasteiger partial charge in [0.15, 0.2) is 5.76 Å². The summed E-state index contributed by atoms with van der Waals surface area (Å²) in [5.41, 5.74) is 2.95. The van der Waals surface area contributed by atoms with Crippen molar-refractivity contribution in [1.29, 1.82) is 0 Å². The number of nitrogens with zero attached hydrogens (tertiary/aromatic N) is 1. The Morgan fingerprint density at radius 1 is 1.23 bits per heavy atom. The lowest BCUT2D eigenvalue weighted by Gasteiger charge is -2.01. The van der Waals surface area contributed by atoms with Crippen LogP contribution in [-0.4, -0.2) is 10.9 Å². The first-order valence-electron chi connectivity index (χ1n) is 8.08. The summed E-state index contributed by atoms with van der Waals surface area (Å²) in [6.07, 6.45) is 0. The predicted molar refractivity (Wildman–Crippen MR) is 99.6 cm³/mol. The summed E-state index contributed by atoms with van der Waals surface area (Å²) in [7, 11) is 0. The van der Waals surface area contributed by atoms with Gasteiger partial charge in [0.05, 0.1) is 12.2 Å². The number of aryl methyl sites for hydroxylation is 1. The Morgan fingerprint density at radius 3 is 2.85 bits per heavy atom. The molecule has 130 valence electrons. The van der Waals surface area contributed by atoms with Crippen molar-refractivity contribution < 1.29 is 13.6 Å². The Morgan fingerprint density at radius 2 is 2.04 bits per heavy atom. The molecule has 0 aliphatic rings. The number of aromatic nitrogens is 1. The number of benzene rings is 2. The van der Waals surface area contributed by atoms with E-state index in [1.165, 1.54) is 29.5 Å². The highest BCUT2D eigenvalue weighted by molar-refractivity contribution is 7.13. The fourth-order valence-corrected chi connectivity index (χ4v) is 3.59. The summed E-state index contributed by atoms with van der Waals surface area (Å²) in [5, 5.41) is 6.25. The number of thiazole rings is 1. The van der Waals surface area contributed by atoms with Crippen LogP contribution in [0.5, 0.6) is 0 Å². The van der Waals surface area contributed by atoms with Crippen LogP contribution in [0.2, 0.25) is 0 Å². The zero-order chi connectivity index (χ0) is 18.1. The summed E-state index contributed by atoms with van der Waals surface area (Å²) < 4.78 is 19.0. The number of amides is 1. The number of nitrogens with one attached hydrogen (secondary N) is 1. The molecule has 0 bridgehead atoms. The molecule has 2 aromatic carbocycles. The van der Waals surface area contributed by atoms with Crippen LogP contribution in [0.4, 0.5) is 4.39 Å². The Labute approximate surface area is 153 Å². The van der Waals surface area contributed by atoms with Crippen molar-refractivity contribution in [3.05, 3.63) is 76.7 Å². The molecule has 4 aromatic rings. The lowest BCUT2D eigenvalue weighted by molar-refractivity contribution is 0.0924. The van der Waals surface area contributed by atoms with Gasteiger partial charge in [-0.25, -0.2) is 9.37 Å². The largest absolute Gasteiger partial charge is 0.451 e. The van der Waals surface area contributed by atoms with Crippen molar-refractivity contribution in [3.63, 3.8) is 0 Å². The van der Waals surface area contributed by atoms with Crippen LogP contribution in [0, 0.1) is 12.7 Å². The fraction of sp³-hybridized carbons (Fsp3) is 0.100. The lowest BCUT2D eigenvalue weighted by atomic mass is 10.1. The van der Waals surface area contributed by atoms with Crippen molar-refractivity contribution in [2.75, 3.05) is 0 Å². The zero-order valence-corrected chi connectivity index (χ0v) is 14.8. The molecule has 0 atom stereocenters. The molecule has 26 heavy (non-hydrogen) atoms. The Kier molecular flexibility index (Phi) is 4.26. The fourth-order valence-electron chi connectivity index (χ4n) is 2.76. The molecule has 0 unspecified atom stereocenters. The quantitative estimate of drug-likeness (QED) is 0.557. The molecule has 0 saturated carbocycles. The van der Waals surface area contributed by atoms with Gasteiger partial charge in [-0.2, -0.15) is 0 Å². The van der Waals surface area contributed by atoms with Crippen molar-refractivity contribution in [1.82, 2.24) is 10.3 Å². The monoisotopic (exact) mass is 366 g/mol. The van der Waals surface area contributed by atoms with Gasteiger partial charge in [-0.3, -0.25) is 4.79 Å². The first-order valence-corrected chi connectivity index (χ1v) is 8.96. The lowest BCUT2D eigenvalue weighted by Crippen LogP contribution is -2.23. The van der Waals surface area contributed by atoms with Gasteiger partial charge >= 0.3 is 0 Å². The third kappa shape index (κ3) is 3.11. The Hall–Kier alpha value is -2.99. The molecule has 2 heterocycles. The third-order valence-electron chi connectivity index (χ3n) is 4.11. The van der Waals surface area contributed by atoms with Gasteiger partial charge in [0.1, 0.15) is 16.4 Å². The van der Waals surface area contributed by atoms with Crippen LogP contribution in [0.15, 0.2) is 58.3 Å². The van der Waals surface area contributed by atoms with Gasteiger partial charge in [0.25, 0.3) is 5.91 Å². The molecule has 0 fully saturated rings. The summed E-state index contributed by atoms with van der Waals surface area (Å²) in [6, 6.07) is 14.1. The second-order valence-electron chi connectivity index (χ2n) is 5.89. The maximum Gasteiger partial charge on any atom is 0.287 e. The SMILES string of the molecule is Cc1c(C(=O)NCc2csc(-c3ccccc3)n2)oc2ccc(F)cc12. The van der Waals surface area contributed by atoms with Crippen LogP contribution in [0.25, 0.3) is 21.5 Å². The number of furan rings is 1. The van der Waals surface area contributed by atoms with E-state index >= 15 is 0 Å². The maximum absolute atomic E-state index is 13.4. The van der Waals surface area contributed by atoms with E-state index in [1.54, 1.807) is 6.92 Å². The molecular formula is C20H15FN2O2S. The second kappa shape index (κ2) is 6.72. The van der Waals surface area contributed by atoms with Crippen molar-refractivity contribution in [2.24, 2.45) is 0 Å². The summed E-state index contributed by atoms with van der Waals surface area (Å²) in [5.74, 6) is -0.498. The smallest absolute Gasteiger partial charge is 0.287 e. The van der Waals surface area contributed by atoms with E-state index in [0.29, 0.717) is 23.1 Å². The van der Waals surface area contributed by atoms with E-state index in [4.69, 9.17) is 4.42 Å². The molecule has 0 radical (unpaired) electrons. The van der Waals surface area contributed by atoms with Gasteiger partial charge in [0.2, 0.25) is 0 Å². The molecule has 2 aromatic heterocycles. The first-order chi connectivity index (χ1) is 12.6. The van der Waals surface area contributed by atoms with Crippen LogP contribution >= 0.6 is 11.3 Å². The molecule has 0 saturated heterocycles. The van der Waals surface area contributed by atoms with E-state index in [-0.39, 0.29) is 17.5 Å². The molecule has 4 rings (SSSR count). The number of fused-ring (bicyclic) bond motifs is 1. The minimum Gasteiger partial charge on any atom is -0.451 e. The van der Waals surface area contributed by atoms with Crippen LogP contribution in [0.3, 0.4) is 0 Å². The number of carbonyl (C=O) groups excluding carboxylic acids is 1. The summed E-state index contributed by atoms with van der Waals surface area (Å²) >= 11 is 1.53. The van der Waals surface area contributed by atoms with Gasteiger partial charge in [-0.15, -0.1) is 11.3 Å². The van der Waals surface area contributed by atoms with Gasteiger partial charge in [0, 0.05) is 21.9 Å². The molecule has 0 aliphatic heterocycles. The Bertz CT molecular complexity index is 1090. The zero-order valence-electron chi connectivity index (χ0n) is 14.0. The van der Waals surface area contributed by atoms with Gasteiger partial charge in [-0.05, 0) is 25.1 Å². The van der Waals surface area contributed by atoms with Crippen molar-refractivity contribution in [3.8, 4) is 10.6 Å². The number of hydrogen-bond acceptors (Lipinski definition) is 4. The molecule has 0 spiro atoms. The Balaban J connectivity index is 1.49. The first kappa shape index (κ1) is 16.5. The third-order valence-corrected chi connectivity index (χ3v) is 5.05. The molecule has 1 N–H and O–H groups in total. The number of rotatable bonds is 4. The van der Waals surface area contributed by atoms with Gasteiger partial charge in [-0.1, -0.05) is 30.3 Å². The normalized spacial score (nSPS) is 11.0. The average Bonchev–Trinajstić information content (AvgIpc) is 3.26. The summed E-state index contributed by atoms with van der Waals surface area (Å²) in [6.45, 7) is 2.05. The van der Waals surface area contributed by atoms with Crippen LogP contribution in [0.1, 0.15) is 21.8 Å². The standard InChI is InChI=1S/C20H15FN2O2S/c1-12-16-9-14(21)7-8-17(16)25-18(12)19(24)22-10-15-11-26-20(23-15)13-5-3-2-4-6-13/h2-9,11H,10H2,1H3,(H,22,24). The van der Waals surface area contributed by atoms with Crippen molar-refractivity contribution in [2.45, 2.75) is 13.5 Å². The highest BCUT2D eigenvalue weighted by Crippen LogP contribution is 2.26. The van der Waals surface area contributed by atoms with E-state index in [9.17, 15) is 9.18 Å². The van der Waals surface area contributed by atoms with E-state index in [0.717, 1.165) is 16.3 Å². The molecule has 6 heteroatoms. The number of halogens is 1. The highest BCUT2D eigenvalue weighted by Gasteiger charge is 2.18. The average molecular weight is 366 g/mol. The van der Waals surface area contributed by atoms with Gasteiger partial charge < -0.3 is 9.73 Å². The van der Waals surface area contributed by atoms with Crippen LogP contribution in [-0.2, 0) is 6.54 Å². The molecule has 4 nitrogen and oxygen atoms in total. The number of carbonyl (C=O) groups is 1. The molecule has 0 aliphatic carbocycles. The minimum atomic E-state index is -0.357. The molecule has 1 amide bonds. The number of hydrogen-bond donors (Lipinski definition) is 1. The van der Waals surface area contributed by atoms with Crippen LogP contribution < -0.4 is 5.32 Å². The second-order valence-corrected chi connectivity index (χ2v) is 6.75. The summed E-state index contributed by atoms with van der Waals surface area (Å²) in [4.78, 5) is 17.0. The van der Waals surface area contributed by atoms with E-state index < -0.39 is 0 Å². The van der Waals surface area contributed by atoms with E-state index in [1.807, 2.05) is 35.7 Å². The highest BCUT2D eigenvalue weighted by atomic mass is 32.1. The minimum absolute atomic E-state index is 0.198. The topological polar surface area (TPSA) is 55.1 Å². The maximum atomic E-state index is 13.4. The van der Waals surface area contributed by atoms with Crippen molar-refractivity contribution >= 4 is 28.2 Å².